The lowest BCUT2D eigenvalue weighted by molar-refractivity contribution is 0.395. The first-order valence-electron chi connectivity index (χ1n) is 8.79. The van der Waals surface area contributed by atoms with Crippen molar-refractivity contribution in [2.24, 2.45) is 5.92 Å². The first kappa shape index (κ1) is 18.8. The van der Waals surface area contributed by atoms with E-state index in [0.717, 1.165) is 11.9 Å². The van der Waals surface area contributed by atoms with Gasteiger partial charge in [-0.25, -0.2) is 15.0 Å². The van der Waals surface area contributed by atoms with Crippen molar-refractivity contribution in [1.29, 1.82) is 0 Å². The van der Waals surface area contributed by atoms with Gasteiger partial charge >= 0.3 is 0 Å². The second-order valence-electron chi connectivity index (χ2n) is 6.63. The number of nitrogens with two attached hydrogens (primary N) is 1. The van der Waals surface area contributed by atoms with E-state index in [1.54, 1.807) is 12.3 Å². The average molecular weight is 420 g/mol. The van der Waals surface area contributed by atoms with E-state index in [1.807, 2.05) is 6.07 Å². The lowest BCUT2D eigenvalue weighted by Gasteiger charge is -2.16. The molecule has 0 unspecified atom stereocenters. The number of pyridine rings is 1. The Hall–Kier alpha value is -2.51. The van der Waals surface area contributed by atoms with Crippen LogP contribution in [0.5, 0.6) is 11.5 Å². The topological polar surface area (TPSA) is 95.2 Å². The summed E-state index contributed by atoms with van der Waals surface area (Å²) in [5, 5.41) is 4.85. The van der Waals surface area contributed by atoms with Gasteiger partial charge in [0.05, 0.1) is 30.0 Å². The van der Waals surface area contributed by atoms with Gasteiger partial charge in [0.2, 0.25) is 5.95 Å². The molecule has 9 heteroatoms. The van der Waals surface area contributed by atoms with Gasteiger partial charge in [-0.1, -0.05) is 23.2 Å². The third-order valence-corrected chi connectivity index (χ3v) is 5.42. The largest absolute Gasteiger partial charge is 0.495 e. The van der Waals surface area contributed by atoms with E-state index in [2.05, 4.69) is 15.3 Å². The van der Waals surface area contributed by atoms with E-state index in [9.17, 15) is 0 Å². The number of ether oxygens (including phenoxy) is 2. The molecule has 0 saturated heterocycles. The van der Waals surface area contributed by atoms with Crippen LogP contribution in [-0.2, 0) is 0 Å². The zero-order valence-electron chi connectivity index (χ0n) is 15.4. The maximum Gasteiger partial charge on any atom is 0.220 e. The third-order valence-electron chi connectivity index (χ3n) is 4.67. The van der Waals surface area contributed by atoms with Crippen molar-refractivity contribution >= 4 is 45.9 Å². The second-order valence-corrected chi connectivity index (χ2v) is 7.39. The molecule has 0 aliphatic heterocycles. The van der Waals surface area contributed by atoms with Crippen molar-refractivity contribution in [1.82, 2.24) is 15.0 Å². The predicted octanol–water partition coefficient (Wildman–Crippen LogP) is 4.42. The van der Waals surface area contributed by atoms with Crippen molar-refractivity contribution < 1.29 is 9.47 Å². The fourth-order valence-corrected chi connectivity index (χ4v) is 3.67. The lowest BCUT2D eigenvalue weighted by atomic mass is 10.1. The highest BCUT2D eigenvalue weighted by molar-refractivity contribution is 6.41. The zero-order chi connectivity index (χ0) is 19.8. The molecule has 1 saturated carbocycles. The number of benzene rings is 1. The fraction of sp³-hybridized carbons (Fsp3) is 0.316. The van der Waals surface area contributed by atoms with Gasteiger partial charge in [0.1, 0.15) is 17.0 Å². The molecule has 3 aromatic rings. The van der Waals surface area contributed by atoms with Gasteiger partial charge in [0, 0.05) is 29.8 Å². The third kappa shape index (κ3) is 3.47. The molecule has 1 aromatic carbocycles. The van der Waals surface area contributed by atoms with Crippen LogP contribution in [0.2, 0.25) is 10.0 Å². The summed E-state index contributed by atoms with van der Waals surface area (Å²) in [6.45, 7) is 0.818. The van der Waals surface area contributed by atoms with E-state index in [4.69, 9.17) is 43.4 Å². The predicted molar refractivity (Wildman–Crippen MR) is 112 cm³/mol. The molecule has 4 rings (SSSR count). The van der Waals surface area contributed by atoms with Gasteiger partial charge in [-0.3, -0.25) is 0 Å². The molecule has 146 valence electrons. The molecule has 2 aromatic heterocycles. The SMILES string of the molecule is COc1cc(OC)c(Cl)c(-c2cc3cnc(N)nc3c(NCC3CC3)n2)c1Cl. The van der Waals surface area contributed by atoms with Crippen LogP contribution >= 0.6 is 23.2 Å². The number of anilines is 2. The highest BCUT2D eigenvalue weighted by Gasteiger charge is 2.24. The Morgan fingerprint density at radius 2 is 1.79 bits per heavy atom. The number of nitrogen functional groups attached to an aromatic ring is 1. The number of nitrogens with zero attached hydrogens (tertiary/aromatic N) is 3. The highest BCUT2D eigenvalue weighted by Crippen LogP contribution is 2.46. The Bertz CT molecular complexity index is 1030. The van der Waals surface area contributed by atoms with Crippen molar-refractivity contribution in [2.75, 3.05) is 31.8 Å². The van der Waals surface area contributed by atoms with Gasteiger partial charge in [-0.2, -0.15) is 0 Å². The smallest absolute Gasteiger partial charge is 0.220 e. The first-order valence-corrected chi connectivity index (χ1v) is 9.55. The number of aromatic nitrogens is 3. The number of halogens is 2. The van der Waals surface area contributed by atoms with E-state index < -0.39 is 0 Å². The van der Waals surface area contributed by atoms with Crippen molar-refractivity contribution in [3.63, 3.8) is 0 Å². The van der Waals surface area contributed by atoms with Crippen LogP contribution < -0.4 is 20.5 Å². The van der Waals surface area contributed by atoms with Crippen LogP contribution in [0.4, 0.5) is 11.8 Å². The van der Waals surface area contributed by atoms with Gasteiger partial charge in [-0.05, 0) is 24.8 Å². The summed E-state index contributed by atoms with van der Waals surface area (Å²) >= 11 is 13.1. The molecule has 2 heterocycles. The number of methoxy groups -OCH3 is 2. The summed E-state index contributed by atoms with van der Waals surface area (Å²) in [6.07, 6.45) is 4.09. The van der Waals surface area contributed by atoms with Gasteiger partial charge < -0.3 is 20.5 Å². The van der Waals surface area contributed by atoms with Crippen LogP contribution in [0.25, 0.3) is 22.2 Å². The first-order chi connectivity index (χ1) is 13.5. The Morgan fingerprint density at radius 3 is 2.39 bits per heavy atom. The number of hydrogen-bond acceptors (Lipinski definition) is 7. The minimum Gasteiger partial charge on any atom is -0.495 e. The Kier molecular flexibility index (Phi) is 5.03. The molecule has 3 N–H and O–H groups in total. The van der Waals surface area contributed by atoms with Gasteiger partial charge in [0.25, 0.3) is 0 Å². The molecule has 1 fully saturated rings. The number of fused-ring (bicyclic) bond motifs is 1. The molecule has 0 spiro atoms. The summed E-state index contributed by atoms with van der Waals surface area (Å²) in [4.78, 5) is 13.2. The van der Waals surface area contributed by atoms with Crippen LogP contribution in [0.1, 0.15) is 12.8 Å². The molecule has 0 amide bonds. The monoisotopic (exact) mass is 419 g/mol. The lowest BCUT2D eigenvalue weighted by Crippen LogP contribution is -2.08. The van der Waals surface area contributed by atoms with Crippen LogP contribution in [0.3, 0.4) is 0 Å². The molecular formula is C19H19Cl2N5O2. The van der Waals surface area contributed by atoms with E-state index in [0.29, 0.717) is 50.1 Å². The minimum atomic E-state index is 0.190. The number of rotatable bonds is 6. The minimum absolute atomic E-state index is 0.190. The molecular weight excluding hydrogens is 401 g/mol. The molecule has 0 radical (unpaired) electrons. The standard InChI is InChI=1S/C19H19Cl2N5O2/c1-27-12-6-13(28-2)16(21)14(15(12)20)11-5-10-8-24-19(22)26-17(10)18(25-11)23-7-9-3-4-9/h5-6,8-9H,3-4,7H2,1-2H3,(H,23,25)(H2,22,24,26). The molecule has 1 aliphatic rings. The van der Waals surface area contributed by atoms with Gasteiger partial charge in [-0.15, -0.1) is 0 Å². The molecule has 1 aliphatic carbocycles. The summed E-state index contributed by atoms with van der Waals surface area (Å²) in [5.41, 5.74) is 7.52. The average Bonchev–Trinajstić information content (AvgIpc) is 3.51. The fourth-order valence-electron chi connectivity index (χ4n) is 2.98. The van der Waals surface area contributed by atoms with E-state index in [1.165, 1.54) is 27.1 Å². The number of nitrogens with one attached hydrogen (secondary N) is 1. The quantitative estimate of drug-likeness (QED) is 0.610. The maximum atomic E-state index is 6.57. The maximum absolute atomic E-state index is 6.57. The van der Waals surface area contributed by atoms with E-state index in [-0.39, 0.29) is 5.95 Å². The second kappa shape index (κ2) is 7.48. The number of hydrogen-bond donors (Lipinski definition) is 2. The van der Waals surface area contributed by atoms with Crippen molar-refractivity contribution in [3.8, 4) is 22.8 Å². The van der Waals surface area contributed by atoms with Crippen LogP contribution in [0.15, 0.2) is 18.3 Å². The zero-order valence-corrected chi connectivity index (χ0v) is 16.9. The highest BCUT2D eigenvalue weighted by atomic mass is 35.5. The molecule has 28 heavy (non-hydrogen) atoms. The summed E-state index contributed by atoms with van der Waals surface area (Å²) < 4.78 is 10.7. The Labute approximate surface area is 172 Å². The van der Waals surface area contributed by atoms with E-state index >= 15 is 0 Å². The van der Waals surface area contributed by atoms with Gasteiger partial charge in [0.15, 0.2) is 5.82 Å². The molecule has 0 atom stereocenters. The van der Waals surface area contributed by atoms with Crippen LogP contribution in [-0.4, -0.2) is 35.7 Å². The Morgan fingerprint density at radius 1 is 1.11 bits per heavy atom. The molecule has 7 nitrogen and oxygen atoms in total. The van der Waals surface area contributed by atoms with Crippen molar-refractivity contribution in [3.05, 3.63) is 28.4 Å². The summed E-state index contributed by atoms with van der Waals surface area (Å²) in [6, 6.07) is 3.47. The normalized spacial score (nSPS) is 13.6. The molecule has 0 bridgehead atoms. The van der Waals surface area contributed by atoms with Crippen molar-refractivity contribution in [2.45, 2.75) is 12.8 Å². The Balaban J connectivity index is 1.92. The van der Waals surface area contributed by atoms with Crippen LogP contribution in [0, 0.1) is 5.92 Å². The summed E-state index contributed by atoms with van der Waals surface area (Å²) in [5.74, 6) is 2.35. The summed E-state index contributed by atoms with van der Waals surface area (Å²) in [7, 11) is 3.07.